The predicted molar refractivity (Wildman–Crippen MR) is 85.9 cm³/mol. The van der Waals surface area contributed by atoms with Crippen LogP contribution >= 0.6 is 0 Å². The summed E-state index contributed by atoms with van der Waals surface area (Å²) in [6, 6.07) is 9.06. The van der Waals surface area contributed by atoms with Crippen molar-refractivity contribution in [3.05, 3.63) is 35.9 Å². The van der Waals surface area contributed by atoms with Crippen LogP contribution in [0.4, 0.5) is 4.79 Å². The lowest BCUT2D eigenvalue weighted by Gasteiger charge is -2.30. The van der Waals surface area contributed by atoms with Crippen LogP contribution in [0.5, 0.6) is 0 Å². The fourth-order valence-electron chi connectivity index (χ4n) is 2.53. The average molecular weight is 298 g/mol. The smallest absolute Gasteiger partial charge is 0.311 e. The molecule has 0 saturated carbocycles. The molecule has 0 aromatic heterocycles. The molecule has 3 amide bonds. The van der Waals surface area contributed by atoms with Gasteiger partial charge in [0.15, 0.2) is 0 Å². The summed E-state index contributed by atoms with van der Waals surface area (Å²) in [4.78, 5) is 28.4. The van der Waals surface area contributed by atoms with Crippen molar-refractivity contribution >= 4 is 11.9 Å². The van der Waals surface area contributed by atoms with Gasteiger partial charge in [0.2, 0.25) is 5.91 Å². The van der Waals surface area contributed by atoms with Crippen molar-refractivity contribution in [3.63, 3.8) is 0 Å². The van der Waals surface area contributed by atoms with Crippen LogP contribution in [0.25, 0.3) is 0 Å². The van der Waals surface area contributed by atoms with Gasteiger partial charge < -0.3 is 4.90 Å². The van der Waals surface area contributed by atoms with Crippen LogP contribution in [-0.2, 0) is 4.79 Å². The molecule has 0 N–H and O–H groups in total. The lowest BCUT2D eigenvalue weighted by molar-refractivity contribution is -0.138. The minimum atomic E-state index is -0.575. The van der Waals surface area contributed by atoms with E-state index >= 15 is 0 Å². The number of carbonyl (C=O) groups is 2. The fraction of sp³-hybridized carbons (Fsp3) is 0.444. The molecule has 0 spiro atoms. The summed E-state index contributed by atoms with van der Waals surface area (Å²) in [5.41, 5.74) is 0.380. The number of rotatable bonds is 4. The molecule has 1 aliphatic rings. The number of hydrogen-bond acceptors (Lipinski definition) is 2. The number of nitrogens with zero attached hydrogens (tertiary/aromatic N) is 2. The zero-order chi connectivity index (χ0) is 16.3. The van der Waals surface area contributed by atoms with E-state index in [1.54, 1.807) is 4.90 Å². The highest BCUT2D eigenvalue weighted by Crippen LogP contribution is 2.34. The van der Waals surface area contributed by atoms with Gasteiger partial charge in [0.05, 0.1) is 12.6 Å². The maximum Gasteiger partial charge on any atom is 0.328 e. The van der Waals surface area contributed by atoms with Gasteiger partial charge in [-0.1, -0.05) is 57.0 Å². The first-order chi connectivity index (χ1) is 10.4. The number of carbonyl (C=O) groups excluding carboxylic acids is 2. The molecule has 0 bridgehead atoms. The molecule has 22 heavy (non-hydrogen) atoms. The van der Waals surface area contributed by atoms with E-state index in [1.165, 1.54) is 4.90 Å². The van der Waals surface area contributed by atoms with Crippen molar-refractivity contribution in [3.8, 4) is 12.3 Å². The molecule has 2 rings (SSSR count). The quantitative estimate of drug-likeness (QED) is 0.802. The van der Waals surface area contributed by atoms with Crippen LogP contribution in [0.3, 0.4) is 0 Å². The van der Waals surface area contributed by atoms with E-state index in [4.69, 9.17) is 6.42 Å². The number of imide groups is 1. The van der Waals surface area contributed by atoms with Crippen LogP contribution in [0.15, 0.2) is 30.3 Å². The van der Waals surface area contributed by atoms with Gasteiger partial charge in [-0.05, 0) is 12.0 Å². The summed E-state index contributed by atoms with van der Waals surface area (Å²) in [5, 5.41) is 0. The molecule has 1 aliphatic heterocycles. The molecule has 1 saturated heterocycles. The Morgan fingerprint density at radius 3 is 2.55 bits per heavy atom. The first-order valence-electron chi connectivity index (χ1n) is 7.53. The molecule has 1 unspecified atom stereocenters. The lowest BCUT2D eigenvalue weighted by atomic mass is 9.88. The number of terminal acetylenes is 1. The molecule has 4 heteroatoms. The zero-order valence-electron chi connectivity index (χ0n) is 13.4. The van der Waals surface area contributed by atoms with E-state index in [1.807, 2.05) is 51.1 Å². The average Bonchev–Trinajstić information content (AvgIpc) is 2.84. The Kier molecular flexibility index (Phi) is 4.56. The van der Waals surface area contributed by atoms with E-state index in [0.29, 0.717) is 13.0 Å². The summed E-state index contributed by atoms with van der Waals surface area (Å²) >= 11 is 0. The van der Waals surface area contributed by atoms with Crippen molar-refractivity contribution in [1.29, 1.82) is 0 Å². The molecule has 1 aromatic rings. The minimum absolute atomic E-state index is 0.145. The predicted octanol–water partition coefficient (Wildman–Crippen LogP) is 3.06. The normalized spacial score (nSPS) is 18.5. The van der Waals surface area contributed by atoms with E-state index in [2.05, 4.69) is 5.92 Å². The topological polar surface area (TPSA) is 40.6 Å². The number of benzene rings is 1. The third-order valence-corrected chi connectivity index (χ3v) is 4.33. The molecule has 1 fully saturated rings. The van der Waals surface area contributed by atoms with Crippen molar-refractivity contribution in [2.45, 2.75) is 33.2 Å². The second kappa shape index (κ2) is 6.23. The summed E-state index contributed by atoms with van der Waals surface area (Å²) in [5.74, 6) is 2.35. The molecule has 0 aliphatic carbocycles. The van der Waals surface area contributed by atoms with Crippen LogP contribution in [0, 0.1) is 17.8 Å². The zero-order valence-corrected chi connectivity index (χ0v) is 13.4. The van der Waals surface area contributed by atoms with Gasteiger partial charge in [-0.25, -0.2) is 4.79 Å². The first kappa shape index (κ1) is 16.1. The van der Waals surface area contributed by atoms with E-state index < -0.39 is 5.41 Å². The molecule has 116 valence electrons. The molecular formula is C18H22N2O2. The summed E-state index contributed by atoms with van der Waals surface area (Å²) in [7, 11) is 0. The largest absolute Gasteiger partial charge is 0.328 e. The van der Waals surface area contributed by atoms with Crippen LogP contribution in [-0.4, -0.2) is 34.8 Å². The highest BCUT2D eigenvalue weighted by Gasteiger charge is 2.45. The third kappa shape index (κ3) is 2.85. The SMILES string of the molecule is C#CCN1CC(c2ccccc2)N(C(=O)C(C)(C)CC)C1=O. The molecule has 1 heterocycles. The van der Waals surface area contributed by atoms with Gasteiger partial charge in [-0.3, -0.25) is 9.69 Å². The van der Waals surface area contributed by atoms with Gasteiger partial charge in [0, 0.05) is 12.0 Å². The molecular weight excluding hydrogens is 276 g/mol. The van der Waals surface area contributed by atoms with E-state index in [9.17, 15) is 9.59 Å². The van der Waals surface area contributed by atoms with E-state index in [0.717, 1.165) is 5.56 Å². The highest BCUT2D eigenvalue weighted by atomic mass is 16.2. The monoisotopic (exact) mass is 298 g/mol. The first-order valence-corrected chi connectivity index (χ1v) is 7.53. The summed E-state index contributed by atoms with van der Waals surface area (Å²) in [6.45, 7) is 6.36. The highest BCUT2D eigenvalue weighted by molar-refractivity contribution is 5.99. The Morgan fingerprint density at radius 2 is 2.00 bits per heavy atom. The minimum Gasteiger partial charge on any atom is -0.311 e. The Morgan fingerprint density at radius 1 is 1.36 bits per heavy atom. The lowest BCUT2D eigenvalue weighted by Crippen LogP contribution is -2.44. The molecule has 4 nitrogen and oxygen atoms in total. The van der Waals surface area contributed by atoms with E-state index in [-0.39, 0.29) is 24.5 Å². The number of amides is 3. The number of urea groups is 1. The number of hydrogen-bond donors (Lipinski definition) is 0. The Balaban J connectivity index is 2.39. The van der Waals surface area contributed by atoms with Gasteiger partial charge in [-0.2, -0.15) is 0 Å². The van der Waals surface area contributed by atoms with Gasteiger partial charge in [-0.15, -0.1) is 6.42 Å². The van der Waals surface area contributed by atoms with Crippen molar-refractivity contribution < 1.29 is 9.59 Å². The Bertz CT molecular complexity index is 601. The van der Waals surface area contributed by atoms with Gasteiger partial charge in [0.1, 0.15) is 0 Å². The van der Waals surface area contributed by atoms with Crippen molar-refractivity contribution in [2.75, 3.05) is 13.1 Å². The maximum atomic E-state index is 12.9. The van der Waals surface area contributed by atoms with Crippen LogP contribution in [0.2, 0.25) is 0 Å². The second-order valence-corrected chi connectivity index (χ2v) is 6.21. The molecule has 0 radical (unpaired) electrons. The second-order valence-electron chi connectivity index (χ2n) is 6.21. The van der Waals surface area contributed by atoms with Gasteiger partial charge >= 0.3 is 6.03 Å². The molecule has 1 aromatic carbocycles. The summed E-state index contributed by atoms with van der Waals surface area (Å²) in [6.07, 6.45) is 6.01. The molecule has 1 atom stereocenters. The Labute approximate surface area is 132 Å². The summed E-state index contributed by atoms with van der Waals surface area (Å²) < 4.78 is 0. The third-order valence-electron chi connectivity index (χ3n) is 4.33. The standard InChI is InChI=1S/C18H22N2O2/c1-5-12-19-13-15(14-10-8-7-9-11-14)20(17(19)22)16(21)18(3,4)6-2/h1,7-11,15H,6,12-13H2,2-4H3. The van der Waals surface area contributed by atoms with Gasteiger partial charge in [0.25, 0.3) is 0 Å². The van der Waals surface area contributed by atoms with Crippen molar-refractivity contribution in [1.82, 2.24) is 9.80 Å². The van der Waals surface area contributed by atoms with Crippen molar-refractivity contribution in [2.24, 2.45) is 5.41 Å². The fourth-order valence-corrected chi connectivity index (χ4v) is 2.53. The maximum absolute atomic E-state index is 12.9. The Hall–Kier alpha value is -2.28. The van der Waals surface area contributed by atoms with Crippen LogP contribution < -0.4 is 0 Å². The van der Waals surface area contributed by atoms with Crippen LogP contribution in [0.1, 0.15) is 38.8 Å².